The second-order valence-corrected chi connectivity index (χ2v) is 5.04. The van der Waals surface area contributed by atoms with Gasteiger partial charge in [0.1, 0.15) is 5.82 Å². The molecule has 0 bridgehead atoms. The highest BCUT2D eigenvalue weighted by Crippen LogP contribution is 2.32. The highest BCUT2D eigenvalue weighted by molar-refractivity contribution is 9.10. The zero-order chi connectivity index (χ0) is 12.6. The van der Waals surface area contributed by atoms with Gasteiger partial charge in [-0.05, 0) is 33.6 Å². The Balaban J connectivity index is 2.34. The van der Waals surface area contributed by atoms with E-state index >= 15 is 0 Å². The summed E-state index contributed by atoms with van der Waals surface area (Å²) >= 11 is 3.07. The second-order valence-electron chi connectivity index (χ2n) is 4.19. The summed E-state index contributed by atoms with van der Waals surface area (Å²) in [6, 6.07) is 4.70. The molecule has 0 saturated carbocycles. The molecule has 2 atom stereocenters. The van der Waals surface area contributed by atoms with E-state index in [0.717, 1.165) is 0 Å². The molecule has 3 nitrogen and oxygen atoms in total. The van der Waals surface area contributed by atoms with Gasteiger partial charge in [-0.3, -0.25) is 14.9 Å². The van der Waals surface area contributed by atoms with Crippen LogP contribution in [0.25, 0.3) is 0 Å². The minimum Gasteiger partial charge on any atom is -0.296 e. The van der Waals surface area contributed by atoms with Crippen LogP contribution in [0.2, 0.25) is 0 Å². The Morgan fingerprint density at radius 1 is 1.41 bits per heavy atom. The number of hydrogen-bond acceptors (Lipinski definition) is 2. The van der Waals surface area contributed by atoms with Gasteiger partial charge in [-0.15, -0.1) is 0 Å². The maximum atomic E-state index is 13.4. The van der Waals surface area contributed by atoms with Crippen LogP contribution in [0.5, 0.6) is 0 Å². The van der Waals surface area contributed by atoms with Gasteiger partial charge in [-0.25, -0.2) is 4.39 Å². The lowest BCUT2D eigenvalue weighted by Gasteiger charge is -2.27. The fourth-order valence-electron chi connectivity index (χ4n) is 2.01. The van der Waals surface area contributed by atoms with E-state index in [1.807, 2.05) is 0 Å². The average Bonchev–Trinajstić information content (AvgIpc) is 2.27. The van der Waals surface area contributed by atoms with E-state index < -0.39 is 0 Å². The summed E-state index contributed by atoms with van der Waals surface area (Å²) in [5.74, 6) is -1.56. The standard InChI is InChI=1S/C12H11BrFNO2/c1-6-8(5-11(16)15-12(6)17)7-2-3-9(13)10(14)4-7/h2-4,6,8H,5H2,1H3,(H,15,16,17). The van der Waals surface area contributed by atoms with Gasteiger partial charge in [-0.1, -0.05) is 13.0 Å². The summed E-state index contributed by atoms with van der Waals surface area (Å²) in [5, 5.41) is 2.27. The van der Waals surface area contributed by atoms with E-state index in [9.17, 15) is 14.0 Å². The van der Waals surface area contributed by atoms with Crippen LogP contribution in [0.3, 0.4) is 0 Å². The normalized spacial score (nSPS) is 24.6. The van der Waals surface area contributed by atoms with Crippen LogP contribution in [-0.4, -0.2) is 11.8 Å². The fraction of sp³-hybridized carbons (Fsp3) is 0.333. The molecule has 1 aromatic rings. The van der Waals surface area contributed by atoms with Gasteiger partial charge in [0, 0.05) is 18.3 Å². The summed E-state index contributed by atoms with van der Waals surface area (Å²) in [6.45, 7) is 1.74. The number of nitrogens with one attached hydrogen (secondary N) is 1. The van der Waals surface area contributed by atoms with E-state index in [2.05, 4.69) is 21.2 Å². The van der Waals surface area contributed by atoms with Gasteiger partial charge in [0.15, 0.2) is 0 Å². The largest absolute Gasteiger partial charge is 0.296 e. The summed E-state index contributed by atoms with van der Waals surface area (Å²) in [5.41, 5.74) is 0.682. The molecule has 1 aliphatic rings. The smallest absolute Gasteiger partial charge is 0.230 e. The number of piperidine rings is 1. The molecular formula is C12H11BrFNO2. The van der Waals surface area contributed by atoms with Crippen molar-refractivity contribution in [1.29, 1.82) is 0 Å². The Morgan fingerprint density at radius 3 is 2.76 bits per heavy atom. The van der Waals surface area contributed by atoms with Crippen LogP contribution in [0.4, 0.5) is 4.39 Å². The van der Waals surface area contributed by atoms with Gasteiger partial charge in [-0.2, -0.15) is 0 Å². The number of carbonyl (C=O) groups is 2. The van der Waals surface area contributed by atoms with Crippen molar-refractivity contribution in [3.63, 3.8) is 0 Å². The van der Waals surface area contributed by atoms with E-state index in [4.69, 9.17) is 0 Å². The molecule has 90 valence electrons. The van der Waals surface area contributed by atoms with Gasteiger partial charge in [0.05, 0.1) is 4.47 Å². The Labute approximate surface area is 107 Å². The van der Waals surface area contributed by atoms with Gasteiger partial charge < -0.3 is 0 Å². The molecule has 1 heterocycles. The summed E-state index contributed by atoms with van der Waals surface area (Å²) in [4.78, 5) is 22.8. The molecule has 1 aromatic carbocycles. The molecule has 2 unspecified atom stereocenters. The van der Waals surface area contributed by atoms with Crippen molar-refractivity contribution >= 4 is 27.7 Å². The number of halogens is 2. The van der Waals surface area contributed by atoms with E-state index in [1.54, 1.807) is 19.1 Å². The molecule has 1 saturated heterocycles. The summed E-state index contributed by atoms with van der Waals surface area (Å²) < 4.78 is 13.8. The second kappa shape index (κ2) is 4.56. The first-order chi connectivity index (χ1) is 7.99. The van der Waals surface area contributed by atoms with Crippen LogP contribution >= 0.6 is 15.9 Å². The molecule has 0 spiro atoms. The Bertz CT molecular complexity index is 489. The predicted molar refractivity (Wildman–Crippen MR) is 63.8 cm³/mol. The quantitative estimate of drug-likeness (QED) is 0.809. The van der Waals surface area contributed by atoms with Gasteiger partial charge >= 0.3 is 0 Å². The molecular weight excluding hydrogens is 289 g/mol. The number of imide groups is 1. The zero-order valence-corrected chi connectivity index (χ0v) is 10.8. The lowest BCUT2D eigenvalue weighted by atomic mass is 9.81. The first-order valence-corrected chi connectivity index (χ1v) is 6.07. The van der Waals surface area contributed by atoms with Crippen molar-refractivity contribution in [2.24, 2.45) is 5.92 Å². The third-order valence-electron chi connectivity index (χ3n) is 3.06. The van der Waals surface area contributed by atoms with Crippen molar-refractivity contribution in [2.75, 3.05) is 0 Å². The molecule has 1 N–H and O–H groups in total. The van der Waals surface area contributed by atoms with Gasteiger partial charge in [0.25, 0.3) is 0 Å². The van der Waals surface area contributed by atoms with E-state index in [0.29, 0.717) is 10.0 Å². The number of benzene rings is 1. The van der Waals surface area contributed by atoms with Gasteiger partial charge in [0.2, 0.25) is 11.8 Å². The van der Waals surface area contributed by atoms with E-state index in [1.165, 1.54) is 6.07 Å². The molecule has 2 rings (SSSR count). The summed E-state index contributed by atoms with van der Waals surface area (Å²) in [7, 11) is 0. The van der Waals surface area contributed by atoms with Crippen LogP contribution in [0.1, 0.15) is 24.8 Å². The Kier molecular flexibility index (Phi) is 3.28. The number of rotatable bonds is 1. The van der Waals surface area contributed by atoms with Crippen molar-refractivity contribution in [3.05, 3.63) is 34.1 Å². The van der Waals surface area contributed by atoms with Crippen LogP contribution in [0.15, 0.2) is 22.7 Å². The maximum Gasteiger partial charge on any atom is 0.230 e. The summed E-state index contributed by atoms with van der Waals surface area (Å²) in [6.07, 6.45) is 0.216. The van der Waals surface area contributed by atoms with Crippen LogP contribution < -0.4 is 5.32 Å². The first kappa shape index (κ1) is 12.2. The Morgan fingerprint density at radius 2 is 2.12 bits per heavy atom. The van der Waals surface area contributed by atoms with Crippen LogP contribution in [-0.2, 0) is 9.59 Å². The highest BCUT2D eigenvalue weighted by Gasteiger charge is 2.33. The molecule has 0 aromatic heterocycles. The minimum atomic E-state index is -0.381. The number of carbonyl (C=O) groups excluding carboxylic acids is 2. The average molecular weight is 300 g/mol. The Hall–Kier alpha value is -1.23. The third kappa shape index (κ3) is 2.39. The fourth-order valence-corrected chi connectivity index (χ4v) is 2.26. The third-order valence-corrected chi connectivity index (χ3v) is 3.70. The maximum absolute atomic E-state index is 13.4. The highest BCUT2D eigenvalue weighted by atomic mass is 79.9. The SMILES string of the molecule is CC1C(=O)NC(=O)CC1c1ccc(Br)c(F)c1. The van der Waals surface area contributed by atoms with Crippen molar-refractivity contribution in [3.8, 4) is 0 Å². The van der Waals surface area contributed by atoms with Crippen molar-refractivity contribution < 1.29 is 14.0 Å². The number of hydrogen-bond donors (Lipinski definition) is 1. The van der Waals surface area contributed by atoms with Crippen molar-refractivity contribution in [1.82, 2.24) is 5.32 Å². The van der Waals surface area contributed by atoms with E-state index in [-0.39, 0.29) is 35.9 Å². The number of amides is 2. The minimum absolute atomic E-state index is 0.216. The van der Waals surface area contributed by atoms with Crippen LogP contribution in [0, 0.1) is 11.7 Å². The molecule has 2 amide bonds. The topological polar surface area (TPSA) is 46.2 Å². The molecule has 5 heteroatoms. The molecule has 17 heavy (non-hydrogen) atoms. The molecule has 1 aliphatic heterocycles. The van der Waals surface area contributed by atoms with Crippen molar-refractivity contribution in [2.45, 2.75) is 19.3 Å². The lowest BCUT2D eigenvalue weighted by Crippen LogP contribution is -2.43. The molecule has 0 aliphatic carbocycles. The first-order valence-electron chi connectivity index (χ1n) is 5.27. The zero-order valence-electron chi connectivity index (χ0n) is 9.17. The lowest BCUT2D eigenvalue weighted by molar-refractivity contribution is -0.136. The molecule has 1 fully saturated rings. The monoisotopic (exact) mass is 299 g/mol. The molecule has 0 radical (unpaired) electrons. The predicted octanol–water partition coefficient (Wildman–Crippen LogP) is 2.35.